The van der Waals surface area contributed by atoms with Gasteiger partial charge in [-0.2, -0.15) is 0 Å². The van der Waals surface area contributed by atoms with Crippen molar-refractivity contribution in [3.05, 3.63) is 62.4 Å². The van der Waals surface area contributed by atoms with Crippen molar-refractivity contribution in [1.82, 2.24) is 4.57 Å². The Kier molecular flexibility index (Phi) is 4.44. The third kappa shape index (κ3) is 3.37. The highest BCUT2D eigenvalue weighted by atomic mass is 79.9. The topological polar surface area (TPSA) is 34.0 Å². The van der Waals surface area contributed by atoms with Crippen molar-refractivity contribution in [2.45, 2.75) is 6.54 Å². The molecule has 2 rings (SSSR count). The molecule has 0 aliphatic heterocycles. The number of aromatic nitrogens is 1. The maximum absolute atomic E-state index is 11.6. The highest BCUT2D eigenvalue weighted by molar-refractivity contribution is 9.10. The van der Waals surface area contributed by atoms with Crippen LogP contribution in [0.25, 0.3) is 0 Å². The van der Waals surface area contributed by atoms with Gasteiger partial charge in [0.15, 0.2) is 0 Å². The van der Waals surface area contributed by atoms with Gasteiger partial charge in [0.25, 0.3) is 5.56 Å². The van der Waals surface area contributed by atoms with Crippen LogP contribution in [0.2, 0.25) is 5.02 Å². The Bertz CT molecular complexity index is 598. The smallest absolute Gasteiger partial charge is 0.250 e. The van der Waals surface area contributed by atoms with E-state index in [1.165, 1.54) is 0 Å². The van der Waals surface area contributed by atoms with Crippen LogP contribution < -0.4 is 10.9 Å². The van der Waals surface area contributed by atoms with Crippen LogP contribution in [0.4, 0.5) is 5.69 Å². The van der Waals surface area contributed by atoms with Crippen molar-refractivity contribution in [3.8, 4) is 0 Å². The Labute approximate surface area is 119 Å². The maximum atomic E-state index is 11.6. The minimum absolute atomic E-state index is 0.0147. The molecule has 1 heterocycles. The van der Waals surface area contributed by atoms with E-state index in [2.05, 4.69) is 21.2 Å². The van der Waals surface area contributed by atoms with Crippen LogP contribution in [-0.4, -0.2) is 11.1 Å². The summed E-state index contributed by atoms with van der Waals surface area (Å²) < 4.78 is 2.54. The van der Waals surface area contributed by atoms with Crippen LogP contribution >= 0.6 is 27.5 Å². The number of para-hydroxylation sites is 1. The van der Waals surface area contributed by atoms with Gasteiger partial charge in [0.1, 0.15) is 0 Å². The van der Waals surface area contributed by atoms with Gasteiger partial charge in [0, 0.05) is 29.8 Å². The van der Waals surface area contributed by atoms with Crippen molar-refractivity contribution in [1.29, 1.82) is 0 Å². The van der Waals surface area contributed by atoms with Gasteiger partial charge in [-0.3, -0.25) is 4.79 Å². The number of nitrogens with one attached hydrogen (secondary N) is 1. The predicted molar refractivity (Wildman–Crippen MR) is 78.3 cm³/mol. The third-order valence-electron chi connectivity index (χ3n) is 2.49. The fraction of sp³-hybridized carbons (Fsp3) is 0.154. The van der Waals surface area contributed by atoms with E-state index >= 15 is 0 Å². The van der Waals surface area contributed by atoms with E-state index in [0.29, 0.717) is 18.1 Å². The molecule has 0 saturated heterocycles. The molecule has 3 nitrogen and oxygen atoms in total. The van der Waals surface area contributed by atoms with Gasteiger partial charge in [-0.25, -0.2) is 0 Å². The molecule has 0 radical (unpaired) electrons. The average molecular weight is 328 g/mol. The SMILES string of the molecule is O=c1ccc(Br)cn1CCNc1ccccc1Cl. The zero-order chi connectivity index (χ0) is 13.0. The molecule has 0 aliphatic carbocycles. The fourth-order valence-electron chi connectivity index (χ4n) is 1.59. The van der Waals surface area contributed by atoms with Gasteiger partial charge >= 0.3 is 0 Å². The quantitative estimate of drug-likeness (QED) is 0.934. The van der Waals surface area contributed by atoms with Gasteiger partial charge in [-0.05, 0) is 34.1 Å². The van der Waals surface area contributed by atoms with E-state index in [-0.39, 0.29) is 5.56 Å². The standard InChI is InChI=1S/C13H12BrClN2O/c14-10-5-6-13(18)17(9-10)8-7-16-12-4-2-1-3-11(12)15/h1-6,9,16H,7-8H2. The lowest BCUT2D eigenvalue weighted by atomic mass is 10.3. The van der Waals surface area contributed by atoms with E-state index in [1.54, 1.807) is 22.9 Å². The first kappa shape index (κ1) is 13.2. The average Bonchev–Trinajstić information content (AvgIpc) is 2.36. The summed E-state index contributed by atoms with van der Waals surface area (Å²) in [6, 6.07) is 10.8. The summed E-state index contributed by atoms with van der Waals surface area (Å²) in [5.74, 6) is 0. The number of pyridine rings is 1. The van der Waals surface area contributed by atoms with Crippen LogP contribution in [0.1, 0.15) is 0 Å². The number of hydrogen-bond acceptors (Lipinski definition) is 2. The van der Waals surface area contributed by atoms with Crippen LogP contribution in [-0.2, 0) is 6.54 Å². The van der Waals surface area contributed by atoms with Crippen LogP contribution in [0.15, 0.2) is 51.9 Å². The monoisotopic (exact) mass is 326 g/mol. The molecular formula is C13H12BrClN2O. The molecule has 0 spiro atoms. The highest BCUT2D eigenvalue weighted by Crippen LogP contribution is 2.19. The summed E-state index contributed by atoms with van der Waals surface area (Å²) in [4.78, 5) is 11.6. The Morgan fingerprint density at radius 2 is 2.00 bits per heavy atom. The highest BCUT2D eigenvalue weighted by Gasteiger charge is 1.99. The molecule has 94 valence electrons. The third-order valence-corrected chi connectivity index (χ3v) is 3.29. The number of rotatable bonds is 4. The van der Waals surface area contributed by atoms with Crippen molar-refractivity contribution in [2.24, 2.45) is 0 Å². The summed E-state index contributed by atoms with van der Waals surface area (Å²) in [6.45, 7) is 1.23. The summed E-state index contributed by atoms with van der Waals surface area (Å²) in [7, 11) is 0. The Morgan fingerprint density at radius 1 is 1.22 bits per heavy atom. The normalized spacial score (nSPS) is 10.3. The second-order valence-electron chi connectivity index (χ2n) is 3.79. The van der Waals surface area contributed by atoms with Gasteiger partial charge in [-0.15, -0.1) is 0 Å². The molecule has 0 atom stereocenters. The molecule has 1 aromatic carbocycles. The van der Waals surface area contributed by atoms with E-state index in [0.717, 1.165) is 10.2 Å². The zero-order valence-electron chi connectivity index (χ0n) is 9.57. The molecule has 0 amide bonds. The number of halogens is 2. The molecule has 0 aliphatic rings. The lowest BCUT2D eigenvalue weighted by Gasteiger charge is -2.09. The van der Waals surface area contributed by atoms with Gasteiger partial charge in [0.05, 0.1) is 10.7 Å². The predicted octanol–water partition coefficient (Wildman–Crippen LogP) is 3.38. The largest absolute Gasteiger partial charge is 0.382 e. The number of benzene rings is 1. The summed E-state index contributed by atoms with van der Waals surface area (Å²) in [5, 5.41) is 3.88. The Hall–Kier alpha value is -1.26. The first-order chi connectivity index (χ1) is 8.66. The minimum Gasteiger partial charge on any atom is -0.382 e. The van der Waals surface area contributed by atoms with Crippen LogP contribution in [0.3, 0.4) is 0 Å². The second kappa shape index (κ2) is 6.07. The van der Waals surface area contributed by atoms with Crippen molar-refractivity contribution in [2.75, 3.05) is 11.9 Å². The summed E-state index contributed by atoms with van der Waals surface area (Å²) in [5.41, 5.74) is 0.862. The van der Waals surface area contributed by atoms with Crippen molar-refractivity contribution < 1.29 is 0 Å². The van der Waals surface area contributed by atoms with Crippen LogP contribution in [0.5, 0.6) is 0 Å². The molecule has 1 N–H and O–H groups in total. The van der Waals surface area contributed by atoms with E-state index < -0.39 is 0 Å². The lowest BCUT2D eigenvalue weighted by Crippen LogP contribution is -2.22. The lowest BCUT2D eigenvalue weighted by molar-refractivity contribution is 0.695. The molecule has 2 aromatic rings. The Morgan fingerprint density at radius 3 is 2.78 bits per heavy atom. The van der Waals surface area contributed by atoms with Gasteiger partial charge in [-0.1, -0.05) is 23.7 Å². The summed E-state index contributed by atoms with van der Waals surface area (Å²) in [6.07, 6.45) is 1.77. The molecule has 0 bridgehead atoms. The second-order valence-corrected chi connectivity index (χ2v) is 5.11. The molecule has 0 unspecified atom stereocenters. The van der Waals surface area contributed by atoms with Crippen LogP contribution in [0, 0.1) is 0 Å². The van der Waals surface area contributed by atoms with Crippen molar-refractivity contribution >= 4 is 33.2 Å². The van der Waals surface area contributed by atoms with E-state index in [1.807, 2.05) is 24.3 Å². The Balaban J connectivity index is 1.99. The number of hydrogen-bond donors (Lipinski definition) is 1. The molecule has 1 aromatic heterocycles. The van der Waals surface area contributed by atoms with E-state index in [9.17, 15) is 4.79 Å². The molecule has 0 saturated carbocycles. The zero-order valence-corrected chi connectivity index (χ0v) is 11.9. The summed E-state index contributed by atoms with van der Waals surface area (Å²) >= 11 is 9.37. The molecule has 5 heteroatoms. The van der Waals surface area contributed by atoms with Gasteiger partial charge < -0.3 is 9.88 Å². The molecule has 18 heavy (non-hydrogen) atoms. The molecule has 0 fully saturated rings. The first-order valence-corrected chi connectivity index (χ1v) is 6.68. The minimum atomic E-state index is -0.0147. The molecular weight excluding hydrogens is 316 g/mol. The number of nitrogens with zero attached hydrogens (tertiary/aromatic N) is 1. The van der Waals surface area contributed by atoms with E-state index in [4.69, 9.17) is 11.6 Å². The maximum Gasteiger partial charge on any atom is 0.250 e. The first-order valence-electron chi connectivity index (χ1n) is 5.51. The number of anilines is 1. The van der Waals surface area contributed by atoms with Gasteiger partial charge in [0.2, 0.25) is 0 Å². The fourth-order valence-corrected chi connectivity index (χ4v) is 2.17. The van der Waals surface area contributed by atoms with Crippen molar-refractivity contribution in [3.63, 3.8) is 0 Å².